The predicted octanol–water partition coefficient (Wildman–Crippen LogP) is 2.05. The van der Waals surface area contributed by atoms with Gasteiger partial charge in [0, 0.05) is 19.2 Å². The van der Waals surface area contributed by atoms with E-state index >= 15 is 0 Å². The van der Waals surface area contributed by atoms with Gasteiger partial charge in [0.05, 0.1) is 23.9 Å². The highest BCUT2D eigenvalue weighted by Gasteiger charge is 2.28. The van der Waals surface area contributed by atoms with E-state index < -0.39 is 18.6 Å². The summed E-state index contributed by atoms with van der Waals surface area (Å²) < 4.78 is 38.7. The summed E-state index contributed by atoms with van der Waals surface area (Å²) in [5, 5.41) is 8.42. The Bertz CT molecular complexity index is 740. The van der Waals surface area contributed by atoms with Gasteiger partial charge in [-0.15, -0.1) is 0 Å². The Balaban J connectivity index is 2.05. The van der Waals surface area contributed by atoms with Gasteiger partial charge in [0.15, 0.2) is 0 Å². The SMILES string of the molecule is CN(CCn1cnc2cc(/C=C/C(=O)NO)ccc21)CC(F)(F)F. The van der Waals surface area contributed by atoms with E-state index in [0.717, 1.165) is 5.52 Å². The van der Waals surface area contributed by atoms with Crippen molar-refractivity contribution in [3.8, 4) is 0 Å². The van der Waals surface area contributed by atoms with E-state index in [1.165, 1.54) is 29.6 Å². The average molecular weight is 342 g/mol. The number of hydroxylamine groups is 1. The van der Waals surface area contributed by atoms with Crippen molar-refractivity contribution >= 4 is 23.0 Å². The van der Waals surface area contributed by atoms with Gasteiger partial charge in [-0.05, 0) is 30.8 Å². The minimum Gasteiger partial charge on any atom is -0.329 e. The highest BCUT2D eigenvalue weighted by Crippen LogP contribution is 2.17. The van der Waals surface area contributed by atoms with Crippen LogP contribution in [0.2, 0.25) is 0 Å². The Labute approximate surface area is 136 Å². The second-order valence-corrected chi connectivity index (χ2v) is 5.35. The Morgan fingerprint density at radius 2 is 2.21 bits per heavy atom. The molecule has 9 heteroatoms. The molecule has 0 aliphatic rings. The number of likely N-dealkylation sites (N-methyl/N-ethyl adjacent to an activating group) is 1. The summed E-state index contributed by atoms with van der Waals surface area (Å²) in [6, 6.07) is 5.27. The van der Waals surface area contributed by atoms with Crippen LogP contribution in [0.5, 0.6) is 0 Å². The Kier molecular flexibility index (Phi) is 5.58. The van der Waals surface area contributed by atoms with Crippen molar-refractivity contribution in [2.45, 2.75) is 12.7 Å². The molecule has 2 aromatic rings. The lowest BCUT2D eigenvalue weighted by molar-refractivity contribution is -0.143. The lowest BCUT2D eigenvalue weighted by Crippen LogP contribution is -2.33. The molecular formula is C15H17F3N4O2. The topological polar surface area (TPSA) is 70.4 Å². The number of amides is 1. The van der Waals surface area contributed by atoms with Crippen LogP contribution < -0.4 is 5.48 Å². The molecule has 0 atom stereocenters. The molecule has 1 amide bonds. The first-order valence-electron chi connectivity index (χ1n) is 7.11. The van der Waals surface area contributed by atoms with E-state index in [1.54, 1.807) is 29.1 Å². The van der Waals surface area contributed by atoms with E-state index in [9.17, 15) is 18.0 Å². The molecule has 2 N–H and O–H groups in total. The van der Waals surface area contributed by atoms with Gasteiger partial charge in [-0.25, -0.2) is 10.5 Å². The van der Waals surface area contributed by atoms with Crippen molar-refractivity contribution in [2.24, 2.45) is 0 Å². The third kappa shape index (κ3) is 5.07. The maximum absolute atomic E-state index is 12.3. The van der Waals surface area contributed by atoms with Gasteiger partial charge in [-0.3, -0.25) is 14.9 Å². The highest BCUT2D eigenvalue weighted by molar-refractivity contribution is 5.91. The molecular weight excluding hydrogens is 325 g/mol. The molecule has 0 aliphatic heterocycles. The van der Waals surface area contributed by atoms with Crippen LogP contribution in [0, 0.1) is 0 Å². The van der Waals surface area contributed by atoms with Crippen molar-refractivity contribution < 1.29 is 23.2 Å². The molecule has 2 rings (SSSR count). The van der Waals surface area contributed by atoms with Crippen LogP contribution in [-0.2, 0) is 11.3 Å². The van der Waals surface area contributed by atoms with E-state index in [4.69, 9.17) is 5.21 Å². The number of halogens is 3. The van der Waals surface area contributed by atoms with Gasteiger partial charge in [0.25, 0.3) is 5.91 Å². The van der Waals surface area contributed by atoms with Crippen LogP contribution >= 0.6 is 0 Å². The number of benzene rings is 1. The van der Waals surface area contributed by atoms with Crippen LogP contribution in [-0.4, -0.2) is 51.9 Å². The summed E-state index contributed by atoms with van der Waals surface area (Å²) >= 11 is 0. The van der Waals surface area contributed by atoms with Crippen molar-refractivity contribution in [1.82, 2.24) is 19.9 Å². The first-order chi connectivity index (χ1) is 11.3. The molecule has 6 nitrogen and oxygen atoms in total. The van der Waals surface area contributed by atoms with Crippen LogP contribution in [0.4, 0.5) is 13.2 Å². The number of aromatic nitrogens is 2. The van der Waals surface area contributed by atoms with Gasteiger partial charge in [-0.1, -0.05) is 6.07 Å². The minimum atomic E-state index is -4.21. The zero-order valence-electron chi connectivity index (χ0n) is 12.9. The smallest absolute Gasteiger partial charge is 0.329 e. The number of fused-ring (bicyclic) bond motifs is 1. The number of hydrogen-bond donors (Lipinski definition) is 2. The Morgan fingerprint density at radius 3 is 2.88 bits per heavy atom. The molecule has 0 saturated carbocycles. The fraction of sp³-hybridized carbons (Fsp3) is 0.333. The van der Waals surface area contributed by atoms with Crippen molar-refractivity contribution in [3.63, 3.8) is 0 Å². The molecule has 0 spiro atoms. The van der Waals surface area contributed by atoms with Crippen LogP contribution in [0.25, 0.3) is 17.1 Å². The summed E-state index contributed by atoms with van der Waals surface area (Å²) in [5.74, 6) is -0.645. The number of hydrogen-bond acceptors (Lipinski definition) is 4. The van der Waals surface area contributed by atoms with Crippen LogP contribution in [0.15, 0.2) is 30.6 Å². The third-order valence-electron chi connectivity index (χ3n) is 3.35. The van der Waals surface area contributed by atoms with Crippen LogP contribution in [0.1, 0.15) is 5.56 Å². The van der Waals surface area contributed by atoms with Crippen molar-refractivity contribution in [2.75, 3.05) is 20.1 Å². The minimum absolute atomic E-state index is 0.239. The molecule has 0 radical (unpaired) electrons. The number of nitrogens with one attached hydrogen (secondary N) is 1. The summed E-state index contributed by atoms with van der Waals surface area (Å²) in [5.41, 5.74) is 3.66. The molecule has 0 saturated heterocycles. The van der Waals surface area contributed by atoms with Crippen molar-refractivity contribution in [3.05, 3.63) is 36.2 Å². The predicted molar refractivity (Wildman–Crippen MR) is 82.2 cm³/mol. The molecule has 1 heterocycles. The van der Waals surface area contributed by atoms with E-state index in [2.05, 4.69) is 4.98 Å². The van der Waals surface area contributed by atoms with Crippen molar-refractivity contribution in [1.29, 1.82) is 0 Å². The lowest BCUT2D eigenvalue weighted by Gasteiger charge is -2.18. The molecule has 24 heavy (non-hydrogen) atoms. The van der Waals surface area contributed by atoms with E-state index in [-0.39, 0.29) is 6.54 Å². The number of imidazole rings is 1. The van der Waals surface area contributed by atoms with E-state index in [0.29, 0.717) is 17.6 Å². The van der Waals surface area contributed by atoms with Gasteiger partial charge in [0.2, 0.25) is 0 Å². The van der Waals surface area contributed by atoms with E-state index in [1.807, 2.05) is 0 Å². The highest BCUT2D eigenvalue weighted by atomic mass is 19.4. The lowest BCUT2D eigenvalue weighted by atomic mass is 10.2. The molecule has 130 valence electrons. The van der Waals surface area contributed by atoms with Gasteiger partial charge in [-0.2, -0.15) is 13.2 Å². The summed E-state index contributed by atoms with van der Waals surface area (Å²) in [7, 11) is 1.42. The quantitative estimate of drug-likeness (QED) is 0.479. The number of carbonyl (C=O) groups is 1. The molecule has 0 bridgehead atoms. The number of carbonyl (C=O) groups excluding carboxylic acids is 1. The number of rotatable bonds is 6. The summed E-state index contributed by atoms with van der Waals surface area (Å²) in [6.45, 7) is -0.337. The van der Waals surface area contributed by atoms with Crippen LogP contribution in [0.3, 0.4) is 0 Å². The molecule has 0 unspecified atom stereocenters. The summed E-state index contributed by atoms with van der Waals surface area (Å²) in [6.07, 6.45) is 0.0409. The standard InChI is InChI=1S/C15H17F3N4O2/c1-21(9-15(16,17)18)6-7-22-10-19-12-8-11(2-4-13(12)22)3-5-14(23)20-24/h2-5,8,10,24H,6-7,9H2,1H3,(H,20,23)/b5-3+. The normalized spacial score (nSPS) is 12.4. The zero-order chi connectivity index (χ0) is 17.7. The molecule has 0 fully saturated rings. The zero-order valence-corrected chi connectivity index (χ0v) is 12.9. The second-order valence-electron chi connectivity index (χ2n) is 5.35. The first kappa shape index (κ1) is 18.0. The molecule has 0 aliphatic carbocycles. The Hall–Kier alpha value is -2.39. The molecule has 1 aromatic carbocycles. The first-order valence-corrected chi connectivity index (χ1v) is 7.11. The van der Waals surface area contributed by atoms with Gasteiger partial charge < -0.3 is 4.57 Å². The number of alkyl halides is 3. The molecule has 1 aromatic heterocycles. The number of nitrogens with zero attached hydrogens (tertiary/aromatic N) is 3. The third-order valence-corrected chi connectivity index (χ3v) is 3.35. The largest absolute Gasteiger partial charge is 0.401 e. The van der Waals surface area contributed by atoms with Gasteiger partial charge in [0.1, 0.15) is 0 Å². The summed E-state index contributed by atoms with van der Waals surface area (Å²) in [4.78, 5) is 16.4. The monoisotopic (exact) mass is 342 g/mol. The average Bonchev–Trinajstić information content (AvgIpc) is 2.91. The van der Waals surface area contributed by atoms with Gasteiger partial charge >= 0.3 is 6.18 Å². The fourth-order valence-corrected chi connectivity index (χ4v) is 2.24. The second kappa shape index (κ2) is 7.45. The Morgan fingerprint density at radius 1 is 1.46 bits per heavy atom. The maximum Gasteiger partial charge on any atom is 0.401 e. The maximum atomic E-state index is 12.3. The fourth-order valence-electron chi connectivity index (χ4n) is 2.24.